The summed E-state index contributed by atoms with van der Waals surface area (Å²) in [6.45, 7) is 3.69. The number of rotatable bonds is 58. The van der Waals surface area contributed by atoms with E-state index in [4.69, 9.17) is 9.47 Å². The van der Waals surface area contributed by atoms with Gasteiger partial charge >= 0.3 is 0 Å². The maximum atomic E-state index is 13.1. The third-order valence-corrected chi connectivity index (χ3v) is 15.7. The largest absolute Gasteiger partial charge is 0.394 e. The Morgan fingerprint density at radius 2 is 0.775 bits per heavy atom. The molecule has 1 amide bonds. The first-order valence-electron chi connectivity index (χ1n) is 33.8. The van der Waals surface area contributed by atoms with Gasteiger partial charge in [-0.05, 0) is 70.6 Å². The summed E-state index contributed by atoms with van der Waals surface area (Å²) in [6, 6.07) is -0.807. The number of hydrogen-bond acceptors (Lipinski definition) is 8. The summed E-state index contributed by atoms with van der Waals surface area (Å²) in [6.07, 6.45) is 78.2. The molecule has 0 aromatic carbocycles. The minimum absolute atomic E-state index is 0.174. The number of carbonyl (C=O) groups excluding carboxylic acids is 1. The van der Waals surface area contributed by atoms with E-state index in [1.165, 1.54) is 205 Å². The van der Waals surface area contributed by atoms with Crippen molar-refractivity contribution in [3.05, 3.63) is 85.1 Å². The van der Waals surface area contributed by atoms with Crippen LogP contribution in [0.4, 0.5) is 0 Å². The average molecular weight is 1120 g/mol. The zero-order valence-electron chi connectivity index (χ0n) is 51.8. The van der Waals surface area contributed by atoms with Gasteiger partial charge in [-0.15, -0.1) is 0 Å². The molecule has 9 nitrogen and oxygen atoms in total. The highest BCUT2D eigenvalue weighted by atomic mass is 16.7. The molecule has 0 bridgehead atoms. The van der Waals surface area contributed by atoms with E-state index in [1.807, 2.05) is 6.08 Å². The van der Waals surface area contributed by atoms with Gasteiger partial charge in [0.15, 0.2) is 6.29 Å². The molecular formula is C71H127NO8. The summed E-state index contributed by atoms with van der Waals surface area (Å²) in [5.41, 5.74) is 0. The lowest BCUT2D eigenvalue weighted by Gasteiger charge is -2.40. The summed E-state index contributed by atoms with van der Waals surface area (Å²) in [7, 11) is 0. The van der Waals surface area contributed by atoms with Crippen LogP contribution >= 0.6 is 0 Å². The molecule has 1 fully saturated rings. The summed E-state index contributed by atoms with van der Waals surface area (Å²) in [5, 5.41) is 54.7. The number of allylic oxidation sites excluding steroid dienone is 13. The van der Waals surface area contributed by atoms with Crippen molar-refractivity contribution in [2.75, 3.05) is 13.2 Å². The monoisotopic (exact) mass is 1120 g/mol. The molecule has 0 aromatic rings. The molecule has 0 aromatic heterocycles. The molecule has 6 N–H and O–H groups in total. The Balaban J connectivity index is 2.08. The van der Waals surface area contributed by atoms with Crippen LogP contribution in [0.1, 0.15) is 303 Å². The van der Waals surface area contributed by atoms with Gasteiger partial charge in [-0.3, -0.25) is 4.79 Å². The Kier molecular flexibility index (Phi) is 56.1. The predicted molar refractivity (Wildman–Crippen MR) is 341 cm³/mol. The number of hydrogen-bond donors (Lipinski definition) is 6. The zero-order chi connectivity index (χ0) is 57.9. The number of aliphatic hydroxyl groups is 5. The second-order valence-corrected chi connectivity index (χ2v) is 23.2. The van der Waals surface area contributed by atoms with E-state index in [1.54, 1.807) is 6.08 Å². The molecule has 0 radical (unpaired) electrons. The molecule has 80 heavy (non-hydrogen) atoms. The molecule has 1 heterocycles. The number of unbranched alkanes of at least 4 members (excludes halogenated alkanes) is 36. The minimum atomic E-state index is -1.57. The maximum absolute atomic E-state index is 13.1. The minimum Gasteiger partial charge on any atom is -0.394 e. The van der Waals surface area contributed by atoms with Crippen LogP contribution in [0.25, 0.3) is 0 Å². The highest BCUT2D eigenvalue weighted by molar-refractivity contribution is 5.76. The van der Waals surface area contributed by atoms with Gasteiger partial charge in [-0.2, -0.15) is 0 Å². The number of ether oxygens (including phenoxy) is 2. The standard InChI is InChI=1S/C71H127NO8/c1-3-5-7-9-11-13-15-17-19-21-23-24-25-26-27-28-29-30-31-32-33-34-35-36-37-38-39-40-41-42-43-45-47-49-51-53-55-57-59-61-67(75)72-64(63-79-71-70(78)69(77)68(76)66(62-73)80-71)65(74)60-58-56-54-52-50-48-46-44-22-20-18-16-14-12-10-8-6-4-2/h5,7,11,13,17,19,23-24,26-27,29-30,58,60,64-66,68-71,73-74,76-78H,3-4,6,8-10,12,14-16,18,20-22,25,28,31-57,59,61-63H2,1-2H3,(H,72,75)/b7-5-,13-11-,19-17-,24-23-,27-26-,30-29-,60-58+. The van der Waals surface area contributed by atoms with Crippen LogP contribution < -0.4 is 5.32 Å². The van der Waals surface area contributed by atoms with Crippen LogP contribution in [0, 0.1) is 0 Å². The molecule has 9 heteroatoms. The molecular weight excluding hydrogens is 995 g/mol. The molecule has 7 atom stereocenters. The lowest BCUT2D eigenvalue weighted by Crippen LogP contribution is -2.60. The van der Waals surface area contributed by atoms with Gasteiger partial charge < -0.3 is 40.3 Å². The molecule has 0 saturated carbocycles. The van der Waals surface area contributed by atoms with Crippen molar-refractivity contribution in [1.29, 1.82) is 0 Å². The molecule has 1 aliphatic rings. The van der Waals surface area contributed by atoms with Crippen molar-refractivity contribution in [1.82, 2.24) is 5.32 Å². The van der Waals surface area contributed by atoms with Gasteiger partial charge in [0, 0.05) is 6.42 Å². The van der Waals surface area contributed by atoms with E-state index in [-0.39, 0.29) is 12.5 Å². The van der Waals surface area contributed by atoms with Crippen molar-refractivity contribution in [2.45, 2.75) is 346 Å². The topological polar surface area (TPSA) is 149 Å². The van der Waals surface area contributed by atoms with E-state index >= 15 is 0 Å². The summed E-state index contributed by atoms with van der Waals surface area (Å²) in [5.74, 6) is -0.174. The highest BCUT2D eigenvalue weighted by Gasteiger charge is 2.44. The Bertz CT molecular complexity index is 1540. The molecule has 464 valence electrons. The van der Waals surface area contributed by atoms with Crippen molar-refractivity contribution >= 4 is 5.91 Å². The van der Waals surface area contributed by atoms with Gasteiger partial charge in [0.05, 0.1) is 25.4 Å². The number of amides is 1. The van der Waals surface area contributed by atoms with Gasteiger partial charge in [0.25, 0.3) is 0 Å². The summed E-state index contributed by atoms with van der Waals surface area (Å²) >= 11 is 0. The summed E-state index contributed by atoms with van der Waals surface area (Å²) < 4.78 is 11.3. The first-order chi connectivity index (χ1) is 39.3. The fourth-order valence-corrected chi connectivity index (χ4v) is 10.5. The molecule has 0 spiro atoms. The van der Waals surface area contributed by atoms with Gasteiger partial charge in [0.1, 0.15) is 24.4 Å². The van der Waals surface area contributed by atoms with Crippen LogP contribution in [-0.2, 0) is 14.3 Å². The second kappa shape index (κ2) is 59.5. The van der Waals surface area contributed by atoms with Crippen molar-refractivity contribution in [3.63, 3.8) is 0 Å². The van der Waals surface area contributed by atoms with Crippen molar-refractivity contribution in [3.8, 4) is 0 Å². The van der Waals surface area contributed by atoms with Gasteiger partial charge in [-0.1, -0.05) is 311 Å². The third kappa shape index (κ3) is 47.8. The predicted octanol–water partition coefficient (Wildman–Crippen LogP) is 18.1. The SMILES string of the molecule is CC/C=C\C/C=C\C/C=C\C/C=C\C/C=C\C/C=C\CCCCCCCCCCCCCCCCCCCCCCC(=O)NC(COC1OC(CO)C(O)C(O)C1O)C(O)/C=C/CCCCCCCCCCCCCCCCCC. The number of carbonyl (C=O) groups is 1. The maximum Gasteiger partial charge on any atom is 0.220 e. The molecule has 7 unspecified atom stereocenters. The van der Waals surface area contributed by atoms with Gasteiger partial charge in [0.2, 0.25) is 5.91 Å². The second-order valence-electron chi connectivity index (χ2n) is 23.2. The molecule has 1 rings (SSSR count). The summed E-state index contributed by atoms with van der Waals surface area (Å²) in [4.78, 5) is 13.1. The highest BCUT2D eigenvalue weighted by Crippen LogP contribution is 2.23. The van der Waals surface area contributed by atoms with E-state index in [0.717, 1.165) is 77.0 Å². The first-order valence-corrected chi connectivity index (χ1v) is 33.8. The Labute approximate surface area is 492 Å². The lowest BCUT2D eigenvalue weighted by atomic mass is 9.99. The molecule has 0 aliphatic carbocycles. The van der Waals surface area contributed by atoms with Crippen LogP contribution in [0.2, 0.25) is 0 Å². The van der Waals surface area contributed by atoms with Crippen LogP contribution in [0.15, 0.2) is 85.1 Å². The van der Waals surface area contributed by atoms with Gasteiger partial charge in [-0.25, -0.2) is 0 Å². The quantitative estimate of drug-likeness (QED) is 0.0261. The smallest absolute Gasteiger partial charge is 0.220 e. The Hall–Kier alpha value is -2.63. The lowest BCUT2D eigenvalue weighted by molar-refractivity contribution is -0.302. The zero-order valence-corrected chi connectivity index (χ0v) is 51.8. The van der Waals surface area contributed by atoms with Crippen LogP contribution in [-0.4, -0.2) is 87.5 Å². The van der Waals surface area contributed by atoms with Crippen molar-refractivity contribution < 1.29 is 39.8 Å². The fourth-order valence-electron chi connectivity index (χ4n) is 10.5. The Morgan fingerprint density at radius 3 is 1.15 bits per heavy atom. The first kappa shape index (κ1) is 75.4. The Morgan fingerprint density at radius 1 is 0.438 bits per heavy atom. The fraction of sp³-hybridized carbons (Fsp3) is 0.789. The van der Waals surface area contributed by atoms with Crippen molar-refractivity contribution in [2.24, 2.45) is 0 Å². The molecule has 1 aliphatic heterocycles. The number of aliphatic hydroxyl groups excluding tert-OH is 5. The average Bonchev–Trinajstić information content (AvgIpc) is 3.46. The third-order valence-electron chi connectivity index (χ3n) is 15.7. The van der Waals surface area contributed by atoms with E-state index in [0.29, 0.717) is 6.42 Å². The van der Waals surface area contributed by atoms with Crippen LogP contribution in [0.3, 0.4) is 0 Å². The van der Waals surface area contributed by atoms with E-state index in [2.05, 4.69) is 92.1 Å². The number of nitrogens with one attached hydrogen (secondary N) is 1. The normalized spacial score (nSPS) is 19.0. The van der Waals surface area contributed by atoms with E-state index < -0.39 is 49.5 Å². The van der Waals surface area contributed by atoms with E-state index in [9.17, 15) is 30.3 Å². The molecule has 1 saturated heterocycles. The van der Waals surface area contributed by atoms with Crippen LogP contribution in [0.5, 0.6) is 0 Å².